The van der Waals surface area contributed by atoms with Crippen LogP contribution in [-0.4, -0.2) is 32.9 Å². The van der Waals surface area contributed by atoms with Crippen LogP contribution in [0.15, 0.2) is 33.1 Å². The number of thioether (sulfide) groups is 1. The smallest absolute Gasteiger partial charge is 0.279 e. The maximum Gasteiger partial charge on any atom is 0.279 e. The summed E-state index contributed by atoms with van der Waals surface area (Å²) in [4.78, 5) is 24.4. The number of nitrogens with one attached hydrogen (secondary N) is 2. The topological polar surface area (TPSA) is 110 Å². The maximum atomic E-state index is 12.2. The fourth-order valence-corrected chi connectivity index (χ4v) is 4.35. The molecule has 0 spiro atoms. The number of benzene rings is 1. The van der Waals surface area contributed by atoms with Crippen LogP contribution in [0.5, 0.6) is 0 Å². The third-order valence-corrected chi connectivity index (χ3v) is 6.17. The number of rotatable bonds is 7. The minimum absolute atomic E-state index is 0.129. The fourth-order valence-electron chi connectivity index (χ4n) is 2.81. The first-order valence-corrected chi connectivity index (χ1v) is 10.9. The minimum atomic E-state index is -0.388. The molecular weight excluding hydrogens is 410 g/mol. The van der Waals surface area contributed by atoms with E-state index in [4.69, 9.17) is 4.52 Å². The molecule has 0 radical (unpaired) electrons. The Morgan fingerprint density at radius 1 is 1.14 bits per heavy atom. The third kappa shape index (κ3) is 5.21. The van der Waals surface area contributed by atoms with E-state index in [0.29, 0.717) is 15.4 Å². The van der Waals surface area contributed by atoms with Crippen LogP contribution in [0, 0.1) is 13.8 Å². The van der Waals surface area contributed by atoms with Crippen LogP contribution in [0.4, 0.5) is 10.8 Å². The van der Waals surface area contributed by atoms with Crippen LogP contribution in [0.2, 0.25) is 0 Å². The molecule has 1 aliphatic carbocycles. The molecule has 29 heavy (non-hydrogen) atoms. The highest BCUT2D eigenvalue weighted by molar-refractivity contribution is 8.01. The maximum absolute atomic E-state index is 12.2. The number of nitrogens with zero attached hydrogens (tertiary/aromatic N) is 3. The first kappa shape index (κ1) is 19.6. The molecule has 2 aromatic heterocycles. The zero-order valence-electron chi connectivity index (χ0n) is 15.9. The van der Waals surface area contributed by atoms with Gasteiger partial charge < -0.3 is 9.84 Å². The molecule has 8 nitrogen and oxygen atoms in total. The van der Waals surface area contributed by atoms with Gasteiger partial charge in [0.25, 0.3) is 5.91 Å². The molecule has 1 aromatic carbocycles. The number of amides is 2. The standard InChI is InChI=1S/C19H19N5O3S2/c1-10-5-11(2)7-13(6-10)20-16(25)9-28-19-23-22-18(29-19)21-17(26)14-8-15(27-24-14)12-3-4-12/h5-8,12H,3-4,9H2,1-2H3,(H,20,25)(H,21,22,26). The Bertz CT molecular complexity index is 1040. The molecule has 2 heterocycles. The van der Waals surface area contributed by atoms with Gasteiger partial charge in [0.15, 0.2) is 10.0 Å². The van der Waals surface area contributed by atoms with Crippen molar-refractivity contribution in [3.05, 3.63) is 46.8 Å². The second-order valence-corrected chi connectivity index (χ2v) is 9.13. The van der Waals surface area contributed by atoms with Crippen LogP contribution in [0.25, 0.3) is 0 Å². The van der Waals surface area contributed by atoms with Crippen molar-refractivity contribution in [3.63, 3.8) is 0 Å². The van der Waals surface area contributed by atoms with Crippen LogP contribution in [-0.2, 0) is 4.79 Å². The van der Waals surface area contributed by atoms with Gasteiger partial charge in [-0.25, -0.2) is 0 Å². The van der Waals surface area contributed by atoms with Gasteiger partial charge in [-0.15, -0.1) is 10.2 Å². The van der Waals surface area contributed by atoms with Gasteiger partial charge in [0, 0.05) is 17.7 Å². The van der Waals surface area contributed by atoms with Crippen molar-refractivity contribution >= 4 is 45.7 Å². The lowest BCUT2D eigenvalue weighted by Crippen LogP contribution is -2.14. The normalized spacial score (nSPS) is 13.3. The number of carbonyl (C=O) groups excluding carboxylic acids is 2. The Kier molecular flexibility index (Phi) is 5.63. The SMILES string of the molecule is Cc1cc(C)cc(NC(=O)CSc2nnc(NC(=O)c3cc(C4CC4)on3)s2)c1. The molecule has 3 aromatic rings. The number of hydrogen-bond acceptors (Lipinski definition) is 8. The van der Waals surface area contributed by atoms with Crippen LogP contribution in [0.1, 0.15) is 46.1 Å². The van der Waals surface area contributed by atoms with E-state index in [2.05, 4.69) is 26.0 Å². The van der Waals surface area contributed by atoms with E-state index in [1.54, 1.807) is 6.07 Å². The largest absolute Gasteiger partial charge is 0.360 e. The fraction of sp³-hybridized carbons (Fsp3) is 0.316. The molecule has 10 heteroatoms. The number of aromatic nitrogens is 3. The van der Waals surface area contributed by atoms with Crippen molar-refractivity contribution in [1.29, 1.82) is 0 Å². The van der Waals surface area contributed by atoms with Crippen LogP contribution >= 0.6 is 23.1 Å². The van der Waals surface area contributed by atoms with Gasteiger partial charge in [0.05, 0.1) is 5.75 Å². The molecule has 0 bridgehead atoms. The summed E-state index contributed by atoms with van der Waals surface area (Å²) in [6.07, 6.45) is 2.15. The molecule has 4 rings (SSSR count). The second-order valence-electron chi connectivity index (χ2n) is 6.93. The van der Waals surface area contributed by atoms with Gasteiger partial charge in [-0.1, -0.05) is 34.3 Å². The average Bonchev–Trinajstić information content (AvgIpc) is 3.21. The van der Waals surface area contributed by atoms with E-state index in [1.807, 2.05) is 32.0 Å². The summed E-state index contributed by atoms with van der Waals surface area (Å²) in [5.74, 6) is 0.822. The van der Waals surface area contributed by atoms with E-state index in [0.717, 1.165) is 35.4 Å². The van der Waals surface area contributed by atoms with E-state index >= 15 is 0 Å². The summed E-state index contributed by atoms with van der Waals surface area (Å²) in [5.41, 5.74) is 3.18. The third-order valence-electron chi connectivity index (χ3n) is 4.20. The molecule has 1 saturated carbocycles. The van der Waals surface area contributed by atoms with Crippen molar-refractivity contribution in [2.24, 2.45) is 0 Å². The van der Waals surface area contributed by atoms with Crippen LogP contribution in [0.3, 0.4) is 0 Å². The summed E-state index contributed by atoms with van der Waals surface area (Å²) in [6, 6.07) is 7.56. The summed E-state index contributed by atoms with van der Waals surface area (Å²) in [5, 5.41) is 17.6. The highest BCUT2D eigenvalue weighted by Gasteiger charge is 2.29. The number of hydrogen-bond donors (Lipinski definition) is 2. The van der Waals surface area contributed by atoms with E-state index in [9.17, 15) is 9.59 Å². The molecule has 0 saturated heterocycles. The first-order valence-electron chi connectivity index (χ1n) is 9.08. The quantitative estimate of drug-likeness (QED) is 0.431. The lowest BCUT2D eigenvalue weighted by molar-refractivity contribution is -0.113. The van der Waals surface area contributed by atoms with Gasteiger partial charge >= 0.3 is 0 Å². The van der Waals surface area contributed by atoms with Gasteiger partial charge in [-0.3, -0.25) is 14.9 Å². The van der Waals surface area contributed by atoms with Gasteiger partial charge in [0.2, 0.25) is 11.0 Å². The molecule has 0 aliphatic heterocycles. The van der Waals surface area contributed by atoms with Crippen molar-refractivity contribution < 1.29 is 14.1 Å². The molecule has 150 valence electrons. The summed E-state index contributed by atoms with van der Waals surface area (Å²) in [6.45, 7) is 3.97. The molecule has 1 aliphatic rings. The zero-order chi connectivity index (χ0) is 20.4. The Morgan fingerprint density at radius 3 is 2.62 bits per heavy atom. The summed E-state index contributed by atoms with van der Waals surface area (Å²) < 4.78 is 5.78. The Balaban J connectivity index is 1.28. The second kappa shape index (κ2) is 8.34. The Labute approximate surface area is 175 Å². The predicted molar refractivity (Wildman–Crippen MR) is 112 cm³/mol. The molecular formula is C19H19N5O3S2. The van der Waals surface area contributed by atoms with Gasteiger partial charge in [-0.2, -0.15) is 0 Å². The van der Waals surface area contributed by atoms with E-state index in [1.165, 1.54) is 23.1 Å². The minimum Gasteiger partial charge on any atom is -0.360 e. The first-order chi connectivity index (χ1) is 14.0. The van der Waals surface area contributed by atoms with Crippen molar-refractivity contribution in [2.75, 3.05) is 16.4 Å². The molecule has 2 N–H and O–H groups in total. The Hall–Kier alpha value is -2.72. The summed E-state index contributed by atoms with van der Waals surface area (Å²) in [7, 11) is 0. The number of carbonyl (C=O) groups is 2. The van der Waals surface area contributed by atoms with E-state index in [-0.39, 0.29) is 23.3 Å². The molecule has 1 fully saturated rings. The molecule has 2 amide bonds. The molecule has 0 atom stereocenters. The lowest BCUT2D eigenvalue weighted by atomic mass is 10.1. The predicted octanol–water partition coefficient (Wildman–Crippen LogP) is 4.00. The monoisotopic (exact) mass is 429 g/mol. The van der Waals surface area contributed by atoms with Crippen molar-refractivity contribution in [3.8, 4) is 0 Å². The molecule has 0 unspecified atom stereocenters. The van der Waals surface area contributed by atoms with Crippen molar-refractivity contribution in [2.45, 2.75) is 36.9 Å². The number of anilines is 2. The lowest BCUT2D eigenvalue weighted by Gasteiger charge is -2.06. The van der Waals surface area contributed by atoms with Gasteiger partial charge in [0.1, 0.15) is 5.76 Å². The zero-order valence-corrected chi connectivity index (χ0v) is 17.5. The average molecular weight is 430 g/mol. The van der Waals surface area contributed by atoms with Crippen LogP contribution < -0.4 is 10.6 Å². The highest BCUT2D eigenvalue weighted by Crippen LogP contribution is 2.40. The summed E-state index contributed by atoms with van der Waals surface area (Å²) >= 11 is 2.47. The van der Waals surface area contributed by atoms with E-state index < -0.39 is 0 Å². The highest BCUT2D eigenvalue weighted by atomic mass is 32.2. The Morgan fingerprint density at radius 2 is 1.90 bits per heavy atom. The van der Waals surface area contributed by atoms with Gasteiger partial charge in [-0.05, 0) is 49.9 Å². The van der Waals surface area contributed by atoms with Crippen molar-refractivity contribution in [1.82, 2.24) is 15.4 Å². The number of aryl methyl sites for hydroxylation is 2.